The molecule has 0 unspecified atom stereocenters. The lowest BCUT2D eigenvalue weighted by Gasteiger charge is -2.04. The predicted molar refractivity (Wildman–Crippen MR) is 82.3 cm³/mol. The maximum absolute atomic E-state index is 5.76. The van der Waals surface area contributed by atoms with Gasteiger partial charge in [0.05, 0.1) is 23.6 Å². The van der Waals surface area contributed by atoms with Gasteiger partial charge in [-0.05, 0) is 30.3 Å². The number of nitrogens with zero attached hydrogens (tertiary/aromatic N) is 2. The number of anilines is 1. The Hall–Kier alpha value is -3.08. The zero-order valence-corrected chi connectivity index (χ0v) is 11.1. The highest BCUT2D eigenvalue weighted by Gasteiger charge is 2.06. The highest BCUT2D eigenvalue weighted by Crippen LogP contribution is 2.29. The van der Waals surface area contributed by atoms with Crippen molar-refractivity contribution >= 4 is 27.5 Å². The molecule has 3 N–H and O–H groups in total. The Morgan fingerprint density at radius 3 is 2.76 bits per heavy atom. The minimum absolute atomic E-state index is 0.519. The van der Waals surface area contributed by atoms with Crippen LogP contribution in [0.5, 0.6) is 11.6 Å². The second kappa shape index (κ2) is 4.49. The van der Waals surface area contributed by atoms with E-state index in [-0.39, 0.29) is 0 Å². The highest BCUT2D eigenvalue weighted by atomic mass is 16.5. The molecule has 3 heterocycles. The number of ether oxygens (including phenoxy) is 1. The lowest BCUT2D eigenvalue weighted by Crippen LogP contribution is -1.90. The van der Waals surface area contributed by atoms with Crippen LogP contribution in [0.1, 0.15) is 0 Å². The summed E-state index contributed by atoms with van der Waals surface area (Å²) in [4.78, 5) is 11.6. The zero-order chi connectivity index (χ0) is 14.2. The van der Waals surface area contributed by atoms with Crippen molar-refractivity contribution in [3.8, 4) is 11.6 Å². The Bertz CT molecular complexity index is 928. The summed E-state index contributed by atoms with van der Waals surface area (Å²) in [5, 5.41) is 2.22. The average molecular weight is 276 g/mol. The number of nitrogen functional groups attached to an aromatic ring is 1. The van der Waals surface area contributed by atoms with E-state index < -0.39 is 0 Å². The monoisotopic (exact) mass is 276 g/mol. The third kappa shape index (κ3) is 2.04. The van der Waals surface area contributed by atoms with Gasteiger partial charge in [-0.1, -0.05) is 0 Å². The lowest BCUT2D eigenvalue weighted by molar-refractivity contribution is 0.464. The Morgan fingerprint density at radius 1 is 0.952 bits per heavy atom. The van der Waals surface area contributed by atoms with Gasteiger partial charge < -0.3 is 15.5 Å². The molecular weight excluding hydrogens is 264 g/mol. The molecule has 4 rings (SSSR count). The molecule has 0 aliphatic carbocycles. The number of hydrogen-bond donors (Lipinski definition) is 2. The van der Waals surface area contributed by atoms with Gasteiger partial charge in [-0.2, -0.15) is 0 Å². The Kier molecular flexibility index (Phi) is 2.50. The molecule has 0 aliphatic rings. The van der Waals surface area contributed by atoms with Crippen LogP contribution in [0.2, 0.25) is 0 Å². The SMILES string of the molecule is Nc1ccc(Oc2ccc3[nH]c4cnccc4c3c2)nc1. The van der Waals surface area contributed by atoms with Crippen molar-refractivity contribution in [1.29, 1.82) is 0 Å². The van der Waals surface area contributed by atoms with Crippen LogP contribution >= 0.6 is 0 Å². The van der Waals surface area contributed by atoms with Gasteiger partial charge in [0, 0.05) is 28.6 Å². The van der Waals surface area contributed by atoms with Gasteiger partial charge in [0.15, 0.2) is 0 Å². The fourth-order valence-electron chi connectivity index (χ4n) is 2.37. The van der Waals surface area contributed by atoms with Gasteiger partial charge in [-0.3, -0.25) is 4.98 Å². The first-order valence-electron chi connectivity index (χ1n) is 6.54. The third-order valence-electron chi connectivity index (χ3n) is 3.35. The molecule has 0 fully saturated rings. The van der Waals surface area contributed by atoms with Gasteiger partial charge in [-0.15, -0.1) is 0 Å². The minimum atomic E-state index is 0.519. The summed E-state index contributed by atoms with van der Waals surface area (Å²) in [6, 6.07) is 11.4. The topological polar surface area (TPSA) is 76.8 Å². The van der Waals surface area contributed by atoms with Crippen LogP contribution < -0.4 is 10.5 Å². The molecule has 1 aromatic carbocycles. The second-order valence-corrected chi connectivity index (χ2v) is 4.79. The van der Waals surface area contributed by atoms with Gasteiger partial charge in [0.2, 0.25) is 5.88 Å². The number of H-pyrrole nitrogens is 1. The molecule has 0 saturated carbocycles. The Labute approximate surface area is 120 Å². The molecule has 4 aromatic rings. The van der Waals surface area contributed by atoms with Crippen molar-refractivity contribution in [1.82, 2.24) is 15.0 Å². The minimum Gasteiger partial charge on any atom is -0.439 e. The first kappa shape index (κ1) is 11.7. The molecule has 0 saturated heterocycles. The van der Waals surface area contributed by atoms with Gasteiger partial charge >= 0.3 is 0 Å². The molecule has 102 valence electrons. The number of nitrogens with two attached hydrogens (primary N) is 1. The normalized spacial score (nSPS) is 11.0. The molecule has 21 heavy (non-hydrogen) atoms. The first-order valence-corrected chi connectivity index (χ1v) is 6.54. The number of hydrogen-bond acceptors (Lipinski definition) is 4. The van der Waals surface area contributed by atoms with Crippen molar-refractivity contribution in [3.63, 3.8) is 0 Å². The molecule has 0 amide bonds. The van der Waals surface area contributed by atoms with Crippen molar-refractivity contribution in [3.05, 3.63) is 55.0 Å². The third-order valence-corrected chi connectivity index (χ3v) is 3.35. The highest BCUT2D eigenvalue weighted by molar-refractivity contribution is 6.07. The number of aromatic amines is 1. The number of fused-ring (bicyclic) bond motifs is 3. The van der Waals surface area contributed by atoms with E-state index in [0.717, 1.165) is 27.6 Å². The van der Waals surface area contributed by atoms with E-state index in [4.69, 9.17) is 10.5 Å². The average Bonchev–Trinajstić information content (AvgIpc) is 2.88. The molecular formula is C16H12N4O. The van der Waals surface area contributed by atoms with E-state index in [1.165, 1.54) is 0 Å². The van der Waals surface area contributed by atoms with E-state index in [9.17, 15) is 0 Å². The molecule has 0 radical (unpaired) electrons. The van der Waals surface area contributed by atoms with Crippen LogP contribution in [0.25, 0.3) is 21.8 Å². The first-order chi connectivity index (χ1) is 10.3. The fourth-order valence-corrected chi connectivity index (χ4v) is 2.37. The summed E-state index contributed by atoms with van der Waals surface area (Å²) in [6.07, 6.45) is 5.17. The molecule has 0 atom stereocenters. The van der Waals surface area contributed by atoms with Crippen LogP contribution in [-0.2, 0) is 0 Å². The Balaban J connectivity index is 1.79. The number of benzene rings is 1. The van der Waals surface area contributed by atoms with E-state index in [0.29, 0.717) is 11.6 Å². The van der Waals surface area contributed by atoms with E-state index in [1.54, 1.807) is 24.5 Å². The van der Waals surface area contributed by atoms with Crippen LogP contribution in [0.3, 0.4) is 0 Å². The van der Waals surface area contributed by atoms with E-state index in [2.05, 4.69) is 15.0 Å². The molecule has 0 spiro atoms. The van der Waals surface area contributed by atoms with Gasteiger partial charge in [0.25, 0.3) is 0 Å². The van der Waals surface area contributed by atoms with Crippen molar-refractivity contribution in [2.45, 2.75) is 0 Å². The van der Waals surface area contributed by atoms with Crippen LogP contribution in [0.15, 0.2) is 55.0 Å². The van der Waals surface area contributed by atoms with Crippen LogP contribution in [0, 0.1) is 0 Å². The number of rotatable bonds is 2. The van der Waals surface area contributed by atoms with E-state index >= 15 is 0 Å². The summed E-state index contributed by atoms with van der Waals surface area (Å²) in [7, 11) is 0. The molecule has 0 bridgehead atoms. The van der Waals surface area contributed by atoms with Gasteiger partial charge in [0.1, 0.15) is 5.75 Å². The molecule has 0 aliphatic heterocycles. The smallest absolute Gasteiger partial charge is 0.219 e. The fraction of sp³-hybridized carbons (Fsp3) is 0. The Morgan fingerprint density at radius 2 is 1.90 bits per heavy atom. The predicted octanol–water partition coefficient (Wildman–Crippen LogP) is 3.49. The van der Waals surface area contributed by atoms with E-state index in [1.807, 2.05) is 30.5 Å². The summed E-state index contributed by atoms with van der Waals surface area (Å²) in [5.41, 5.74) is 8.29. The molecule has 5 nitrogen and oxygen atoms in total. The second-order valence-electron chi connectivity index (χ2n) is 4.79. The molecule has 5 heteroatoms. The summed E-state index contributed by atoms with van der Waals surface area (Å²) in [5.74, 6) is 1.25. The quantitative estimate of drug-likeness (QED) is 0.587. The van der Waals surface area contributed by atoms with Crippen LogP contribution in [-0.4, -0.2) is 15.0 Å². The number of nitrogens with one attached hydrogen (secondary N) is 1. The molecule has 3 aromatic heterocycles. The summed E-state index contributed by atoms with van der Waals surface area (Å²) < 4.78 is 5.76. The zero-order valence-electron chi connectivity index (χ0n) is 11.1. The number of aromatic nitrogens is 3. The van der Waals surface area contributed by atoms with Gasteiger partial charge in [-0.25, -0.2) is 4.98 Å². The van der Waals surface area contributed by atoms with Crippen molar-refractivity contribution < 1.29 is 4.74 Å². The van der Waals surface area contributed by atoms with Crippen molar-refractivity contribution in [2.24, 2.45) is 0 Å². The summed E-state index contributed by atoms with van der Waals surface area (Å²) >= 11 is 0. The van der Waals surface area contributed by atoms with Crippen molar-refractivity contribution in [2.75, 3.05) is 5.73 Å². The maximum Gasteiger partial charge on any atom is 0.219 e. The number of pyridine rings is 2. The van der Waals surface area contributed by atoms with Crippen LogP contribution in [0.4, 0.5) is 5.69 Å². The largest absolute Gasteiger partial charge is 0.439 e. The maximum atomic E-state index is 5.76. The standard InChI is InChI=1S/C16H12N4O/c17-10-1-4-16(19-8-10)21-11-2-3-14-13(7-11)12-5-6-18-9-15(12)20-14/h1-9,20H,17H2. The lowest BCUT2D eigenvalue weighted by atomic mass is 10.2. The summed E-state index contributed by atoms with van der Waals surface area (Å²) in [6.45, 7) is 0.